The minimum Gasteiger partial charge on any atom is -0.397 e. The topological polar surface area (TPSA) is 76.4 Å². The number of nitrogens with two attached hydrogens (primary N) is 1. The van der Waals surface area contributed by atoms with E-state index in [1.807, 2.05) is 0 Å². The van der Waals surface area contributed by atoms with E-state index in [-0.39, 0.29) is 5.91 Å². The van der Waals surface area contributed by atoms with Crippen LogP contribution in [0.5, 0.6) is 0 Å². The Morgan fingerprint density at radius 1 is 1.50 bits per heavy atom. The smallest absolute Gasteiger partial charge is 0.251 e. The molecular weight excluding hydrogens is 206 g/mol. The summed E-state index contributed by atoms with van der Waals surface area (Å²) in [5, 5.41) is 5.66. The van der Waals surface area contributed by atoms with Crippen molar-refractivity contribution in [1.29, 1.82) is 0 Å². The first kappa shape index (κ1) is 12.3. The monoisotopic (exact) mass is 223 g/mol. The fourth-order valence-electron chi connectivity index (χ4n) is 1.30. The summed E-state index contributed by atoms with van der Waals surface area (Å²) in [6, 6.07) is 5.16. The van der Waals surface area contributed by atoms with Crippen molar-refractivity contribution in [2.75, 3.05) is 38.4 Å². The number of hydrogen-bond donors (Lipinski definition) is 3. The van der Waals surface area contributed by atoms with Crippen LogP contribution in [0.2, 0.25) is 0 Å². The normalized spacial score (nSPS) is 9.88. The molecule has 88 valence electrons. The van der Waals surface area contributed by atoms with Gasteiger partial charge in [0.25, 0.3) is 5.91 Å². The van der Waals surface area contributed by atoms with E-state index >= 15 is 0 Å². The van der Waals surface area contributed by atoms with Gasteiger partial charge in [-0.1, -0.05) is 0 Å². The summed E-state index contributed by atoms with van der Waals surface area (Å²) >= 11 is 0. The number of ether oxygens (including phenoxy) is 1. The Balaban J connectivity index is 2.71. The number of methoxy groups -OCH3 is 1. The number of anilines is 2. The molecule has 0 aliphatic carbocycles. The SMILES string of the molecule is CNC(=O)c1ccc(NCCOC)c(N)c1. The number of benzene rings is 1. The second-order valence-corrected chi connectivity index (χ2v) is 3.30. The van der Waals surface area contributed by atoms with Crippen molar-refractivity contribution in [2.45, 2.75) is 0 Å². The van der Waals surface area contributed by atoms with Crippen molar-refractivity contribution in [3.63, 3.8) is 0 Å². The molecule has 5 heteroatoms. The van der Waals surface area contributed by atoms with Crippen molar-refractivity contribution >= 4 is 17.3 Å². The number of nitrogen functional groups attached to an aromatic ring is 1. The van der Waals surface area contributed by atoms with Crippen molar-refractivity contribution in [3.05, 3.63) is 23.8 Å². The van der Waals surface area contributed by atoms with E-state index in [1.54, 1.807) is 32.4 Å². The zero-order valence-corrected chi connectivity index (χ0v) is 9.54. The van der Waals surface area contributed by atoms with Crippen LogP contribution in [0.15, 0.2) is 18.2 Å². The first-order valence-corrected chi connectivity index (χ1v) is 5.03. The number of carbonyl (C=O) groups excluding carboxylic acids is 1. The van der Waals surface area contributed by atoms with E-state index in [1.165, 1.54) is 0 Å². The van der Waals surface area contributed by atoms with E-state index in [9.17, 15) is 4.79 Å². The average molecular weight is 223 g/mol. The lowest BCUT2D eigenvalue weighted by Gasteiger charge is -2.10. The third-order valence-corrected chi connectivity index (χ3v) is 2.16. The minimum absolute atomic E-state index is 0.143. The van der Waals surface area contributed by atoms with Crippen LogP contribution in [-0.2, 0) is 4.74 Å². The summed E-state index contributed by atoms with van der Waals surface area (Å²) in [5.41, 5.74) is 7.73. The molecule has 5 nitrogen and oxygen atoms in total. The summed E-state index contributed by atoms with van der Waals surface area (Å²) in [4.78, 5) is 11.3. The van der Waals surface area contributed by atoms with Crippen LogP contribution in [-0.4, -0.2) is 33.2 Å². The van der Waals surface area contributed by atoms with Crippen LogP contribution < -0.4 is 16.4 Å². The summed E-state index contributed by atoms with van der Waals surface area (Å²) in [6.07, 6.45) is 0. The van der Waals surface area contributed by atoms with E-state index < -0.39 is 0 Å². The molecule has 1 amide bonds. The Morgan fingerprint density at radius 2 is 2.25 bits per heavy atom. The Kier molecular flexibility index (Phi) is 4.60. The third-order valence-electron chi connectivity index (χ3n) is 2.16. The maximum atomic E-state index is 11.3. The van der Waals surface area contributed by atoms with Gasteiger partial charge in [-0.3, -0.25) is 4.79 Å². The van der Waals surface area contributed by atoms with Crippen LogP contribution in [0.3, 0.4) is 0 Å². The van der Waals surface area contributed by atoms with Crippen LogP contribution in [0.1, 0.15) is 10.4 Å². The number of rotatable bonds is 5. The Hall–Kier alpha value is -1.75. The molecule has 0 unspecified atom stereocenters. The standard InChI is InChI=1S/C11H17N3O2/c1-13-11(15)8-3-4-10(9(12)7-8)14-5-6-16-2/h3-4,7,14H,5-6,12H2,1-2H3,(H,13,15). The predicted octanol–water partition coefficient (Wildman–Crippen LogP) is 0.687. The predicted molar refractivity (Wildman–Crippen MR) is 64.6 cm³/mol. The molecule has 1 rings (SSSR count). The number of nitrogens with one attached hydrogen (secondary N) is 2. The number of carbonyl (C=O) groups is 1. The zero-order chi connectivity index (χ0) is 12.0. The molecular formula is C11H17N3O2. The van der Waals surface area contributed by atoms with Gasteiger partial charge < -0.3 is 21.1 Å². The second-order valence-electron chi connectivity index (χ2n) is 3.30. The highest BCUT2D eigenvalue weighted by molar-refractivity contribution is 5.95. The van der Waals surface area contributed by atoms with Gasteiger partial charge in [-0.15, -0.1) is 0 Å². The van der Waals surface area contributed by atoms with Gasteiger partial charge in [-0.25, -0.2) is 0 Å². The molecule has 0 atom stereocenters. The summed E-state index contributed by atoms with van der Waals surface area (Å²) < 4.78 is 4.92. The fourth-order valence-corrected chi connectivity index (χ4v) is 1.30. The van der Waals surface area contributed by atoms with E-state index in [4.69, 9.17) is 10.5 Å². The van der Waals surface area contributed by atoms with Crippen molar-refractivity contribution in [3.8, 4) is 0 Å². The molecule has 4 N–H and O–H groups in total. The van der Waals surface area contributed by atoms with Gasteiger partial charge >= 0.3 is 0 Å². The molecule has 0 saturated heterocycles. The fraction of sp³-hybridized carbons (Fsp3) is 0.364. The highest BCUT2D eigenvalue weighted by atomic mass is 16.5. The van der Waals surface area contributed by atoms with Crippen LogP contribution in [0.25, 0.3) is 0 Å². The van der Waals surface area contributed by atoms with Crippen molar-refractivity contribution < 1.29 is 9.53 Å². The maximum absolute atomic E-state index is 11.3. The third kappa shape index (κ3) is 3.13. The molecule has 0 aliphatic heterocycles. The van der Waals surface area contributed by atoms with Gasteiger partial charge in [0.15, 0.2) is 0 Å². The molecule has 0 heterocycles. The maximum Gasteiger partial charge on any atom is 0.251 e. The molecule has 1 aromatic carbocycles. The van der Waals surface area contributed by atoms with Gasteiger partial charge in [0, 0.05) is 26.3 Å². The lowest BCUT2D eigenvalue weighted by Crippen LogP contribution is -2.18. The highest BCUT2D eigenvalue weighted by Gasteiger charge is 2.05. The lowest BCUT2D eigenvalue weighted by atomic mass is 10.1. The summed E-state index contributed by atoms with van der Waals surface area (Å²) in [5.74, 6) is -0.143. The molecule has 16 heavy (non-hydrogen) atoms. The van der Waals surface area contributed by atoms with Gasteiger partial charge in [-0.05, 0) is 18.2 Å². The van der Waals surface area contributed by atoms with E-state index in [0.717, 1.165) is 5.69 Å². The molecule has 0 aromatic heterocycles. The van der Waals surface area contributed by atoms with Gasteiger partial charge in [-0.2, -0.15) is 0 Å². The highest BCUT2D eigenvalue weighted by Crippen LogP contribution is 2.19. The van der Waals surface area contributed by atoms with Gasteiger partial charge in [0.1, 0.15) is 0 Å². The molecule has 0 radical (unpaired) electrons. The number of hydrogen-bond acceptors (Lipinski definition) is 4. The summed E-state index contributed by atoms with van der Waals surface area (Å²) in [7, 11) is 3.23. The van der Waals surface area contributed by atoms with Crippen molar-refractivity contribution in [1.82, 2.24) is 5.32 Å². The largest absolute Gasteiger partial charge is 0.397 e. The second kappa shape index (κ2) is 5.97. The molecule has 1 aromatic rings. The van der Waals surface area contributed by atoms with Crippen LogP contribution in [0.4, 0.5) is 11.4 Å². The Morgan fingerprint density at radius 3 is 2.81 bits per heavy atom. The molecule has 0 saturated carbocycles. The first-order valence-electron chi connectivity index (χ1n) is 5.03. The lowest BCUT2D eigenvalue weighted by molar-refractivity contribution is 0.0963. The minimum atomic E-state index is -0.143. The quantitative estimate of drug-likeness (QED) is 0.507. The summed E-state index contributed by atoms with van der Waals surface area (Å²) in [6.45, 7) is 1.29. The molecule has 0 fully saturated rings. The van der Waals surface area contributed by atoms with Gasteiger partial charge in [0.05, 0.1) is 18.0 Å². The van der Waals surface area contributed by atoms with Crippen LogP contribution >= 0.6 is 0 Å². The van der Waals surface area contributed by atoms with E-state index in [2.05, 4.69) is 10.6 Å². The first-order chi connectivity index (χ1) is 7.69. The van der Waals surface area contributed by atoms with Gasteiger partial charge in [0.2, 0.25) is 0 Å². The van der Waals surface area contributed by atoms with Crippen LogP contribution in [0, 0.1) is 0 Å². The average Bonchev–Trinajstić information content (AvgIpc) is 2.30. The Bertz CT molecular complexity index is 366. The molecule has 0 spiro atoms. The molecule has 0 bridgehead atoms. The van der Waals surface area contributed by atoms with Crippen molar-refractivity contribution in [2.24, 2.45) is 0 Å². The Labute approximate surface area is 95.0 Å². The number of amides is 1. The molecule has 0 aliphatic rings. The van der Waals surface area contributed by atoms with E-state index in [0.29, 0.717) is 24.4 Å². The zero-order valence-electron chi connectivity index (χ0n) is 9.54.